The van der Waals surface area contributed by atoms with Gasteiger partial charge in [0.2, 0.25) is 11.8 Å². The Bertz CT molecular complexity index is 1080. The van der Waals surface area contributed by atoms with Crippen molar-refractivity contribution in [3.05, 3.63) is 36.0 Å². The Morgan fingerprint density at radius 2 is 1.84 bits per heavy atom. The van der Waals surface area contributed by atoms with E-state index in [4.69, 9.17) is 18.9 Å². The quantitative estimate of drug-likeness (QED) is 0.169. The normalized spacial score (nSPS) is 35.7. The molecular formula is C33H50N2O8. The summed E-state index contributed by atoms with van der Waals surface area (Å²) < 4.78 is 23.2. The number of hydrogen-bond acceptors (Lipinski definition) is 8. The highest BCUT2D eigenvalue weighted by molar-refractivity contribution is 5.87. The summed E-state index contributed by atoms with van der Waals surface area (Å²) in [6.07, 6.45) is 12.4. The van der Waals surface area contributed by atoms with E-state index in [1.165, 1.54) is 19.4 Å². The molecule has 9 atom stereocenters. The first-order valence-electron chi connectivity index (χ1n) is 15.9. The molecule has 10 nitrogen and oxygen atoms in total. The van der Waals surface area contributed by atoms with E-state index in [2.05, 4.69) is 18.3 Å². The molecule has 0 bridgehead atoms. The number of hydrogen-bond donors (Lipinski definition) is 2. The number of rotatable bonds is 10. The second-order valence-electron chi connectivity index (χ2n) is 12.8. The van der Waals surface area contributed by atoms with E-state index >= 15 is 0 Å². The fourth-order valence-electron chi connectivity index (χ4n) is 6.35. The smallest absolute Gasteiger partial charge is 0.303 e. The van der Waals surface area contributed by atoms with Gasteiger partial charge in [-0.15, -0.1) is 0 Å². The fourth-order valence-corrected chi connectivity index (χ4v) is 6.35. The number of epoxide rings is 1. The molecule has 0 aromatic heterocycles. The summed E-state index contributed by atoms with van der Waals surface area (Å²) in [5, 5.41) is 14.0. The Balaban J connectivity index is 1.26. The molecule has 4 fully saturated rings. The Kier molecular flexibility index (Phi) is 11.6. The molecule has 0 aromatic rings. The summed E-state index contributed by atoms with van der Waals surface area (Å²) in [6.45, 7) is 11.3. The SMILES string of the molecule is CC(=O)OC(C)C=CC(=O)N[C@@H]1C[C@H](C)[C@H](CC=C(C)C=C[C@H]2O[C@H](CC(=O)N3CCCCC3)C[C@@]3(CO3)[C@@H]2O)O[C@@H]1C. The molecule has 240 valence electrons. The minimum atomic E-state index is -0.771. The molecule has 2 amide bonds. The van der Waals surface area contributed by atoms with Gasteiger partial charge in [-0.2, -0.15) is 0 Å². The lowest BCUT2D eigenvalue weighted by Gasteiger charge is -2.39. The second-order valence-corrected chi connectivity index (χ2v) is 12.8. The molecular weight excluding hydrogens is 552 g/mol. The molecule has 43 heavy (non-hydrogen) atoms. The number of carbonyl (C=O) groups is 3. The molecule has 4 aliphatic heterocycles. The summed E-state index contributed by atoms with van der Waals surface area (Å²) in [5.74, 6) is -0.280. The van der Waals surface area contributed by atoms with Crippen molar-refractivity contribution in [2.75, 3.05) is 19.7 Å². The molecule has 1 unspecified atom stereocenters. The lowest BCUT2D eigenvalue weighted by molar-refractivity contribution is -0.151. The maximum atomic E-state index is 12.9. The van der Waals surface area contributed by atoms with Crippen LogP contribution >= 0.6 is 0 Å². The first kappa shape index (κ1) is 33.4. The van der Waals surface area contributed by atoms with E-state index in [0.29, 0.717) is 19.4 Å². The number of aliphatic hydroxyl groups is 1. The van der Waals surface area contributed by atoms with Crippen LogP contribution in [0.15, 0.2) is 36.0 Å². The van der Waals surface area contributed by atoms with Gasteiger partial charge in [-0.3, -0.25) is 14.4 Å². The number of amides is 2. The van der Waals surface area contributed by atoms with Crippen molar-refractivity contribution in [2.24, 2.45) is 5.92 Å². The van der Waals surface area contributed by atoms with Crippen molar-refractivity contribution < 1.29 is 38.4 Å². The zero-order valence-corrected chi connectivity index (χ0v) is 26.3. The highest BCUT2D eigenvalue weighted by Crippen LogP contribution is 2.43. The van der Waals surface area contributed by atoms with Crippen LogP contribution in [-0.4, -0.2) is 95.8 Å². The predicted molar refractivity (Wildman–Crippen MR) is 161 cm³/mol. The van der Waals surface area contributed by atoms with Gasteiger partial charge in [0.1, 0.15) is 23.9 Å². The van der Waals surface area contributed by atoms with Gasteiger partial charge < -0.3 is 34.3 Å². The number of nitrogens with zero attached hydrogens (tertiary/aromatic N) is 1. The number of piperidine rings is 1. The summed E-state index contributed by atoms with van der Waals surface area (Å²) in [5.41, 5.74) is 0.417. The van der Waals surface area contributed by atoms with Crippen molar-refractivity contribution in [3.8, 4) is 0 Å². The first-order valence-corrected chi connectivity index (χ1v) is 15.9. The van der Waals surface area contributed by atoms with Crippen LogP contribution in [-0.2, 0) is 33.3 Å². The zero-order valence-electron chi connectivity index (χ0n) is 26.3. The predicted octanol–water partition coefficient (Wildman–Crippen LogP) is 3.38. The number of aliphatic hydroxyl groups excluding tert-OH is 1. The third-order valence-electron chi connectivity index (χ3n) is 9.03. The van der Waals surface area contributed by atoms with E-state index in [-0.39, 0.29) is 42.1 Å². The summed E-state index contributed by atoms with van der Waals surface area (Å²) >= 11 is 0. The van der Waals surface area contributed by atoms with Crippen molar-refractivity contribution >= 4 is 17.8 Å². The minimum absolute atomic E-state index is 0.0101. The standard InChI is InChI=1S/C33H50N2O8/c1-21(9-12-28-22(2)17-27(24(4)42-28)34-30(37)14-11-23(3)41-25(5)36)10-13-29-32(39)33(20-40-33)19-26(43-29)18-31(38)35-15-7-6-8-16-35/h9-11,13-14,22-24,26-29,32,39H,6-8,12,15-20H2,1-5H3,(H,34,37)/t22-,23?,24+,26+,27+,28-,29+,32+,33+/m0/s1. The summed E-state index contributed by atoms with van der Waals surface area (Å²) in [6, 6.07) is -0.117. The van der Waals surface area contributed by atoms with Crippen LogP contribution in [0, 0.1) is 5.92 Å². The van der Waals surface area contributed by atoms with Crippen LogP contribution < -0.4 is 5.32 Å². The monoisotopic (exact) mass is 602 g/mol. The third kappa shape index (κ3) is 9.48. The van der Waals surface area contributed by atoms with Crippen LogP contribution in [0.3, 0.4) is 0 Å². The fraction of sp³-hybridized carbons (Fsp3) is 0.727. The van der Waals surface area contributed by atoms with Gasteiger partial charge in [0.15, 0.2) is 0 Å². The molecule has 0 saturated carbocycles. The number of ether oxygens (including phenoxy) is 4. The number of carbonyl (C=O) groups excluding carboxylic acids is 3. The number of allylic oxidation sites excluding steroid dienone is 2. The van der Waals surface area contributed by atoms with E-state index < -0.39 is 29.9 Å². The number of likely N-dealkylation sites (tertiary alicyclic amines) is 1. The Labute approximate surface area is 255 Å². The Morgan fingerprint density at radius 3 is 2.51 bits per heavy atom. The van der Waals surface area contributed by atoms with Crippen LogP contribution in [0.1, 0.15) is 79.6 Å². The van der Waals surface area contributed by atoms with E-state index in [0.717, 1.165) is 44.3 Å². The average molecular weight is 603 g/mol. The molecule has 0 aromatic carbocycles. The third-order valence-corrected chi connectivity index (χ3v) is 9.03. The molecule has 4 saturated heterocycles. The summed E-state index contributed by atoms with van der Waals surface area (Å²) in [4.78, 5) is 38.2. The van der Waals surface area contributed by atoms with Gasteiger partial charge in [-0.1, -0.05) is 30.7 Å². The molecule has 10 heteroatoms. The van der Waals surface area contributed by atoms with Crippen molar-refractivity contribution in [1.82, 2.24) is 10.2 Å². The van der Waals surface area contributed by atoms with Gasteiger partial charge in [-0.25, -0.2) is 0 Å². The van der Waals surface area contributed by atoms with Gasteiger partial charge in [0.25, 0.3) is 0 Å². The van der Waals surface area contributed by atoms with Crippen molar-refractivity contribution in [2.45, 2.75) is 128 Å². The van der Waals surface area contributed by atoms with Gasteiger partial charge in [0, 0.05) is 32.5 Å². The average Bonchev–Trinajstić information content (AvgIpc) is 3.74. The van der Waals surface area contributed by atoms with Crippen molar-refractivity contribution in [3.63, 3.8) is 0 Å². The molecule has 0 radical (unpaired) electrons. The Hall–Kier alpha value is -2.53. The number of nitrogens with one attached hydrogen (secondary N) is 1. The highest BCUT2D eigenvalue weighted by Gasteiger charge is 2.58. The molecule has 4 rings (SSSR count). The van der Waals surface area contributed by atoms with E-state index in [9.17, 15) is 19.5 Å². The van der Waals surface area contributed by atoms with Gasteiger partial charge in [0.05, 0.1) is 37.4 Å². The minimum Gasteiger partial charge on any atom is -0.459 e. The second kappa shape index (κ2) is 15.0. The molecule has 2 N–H and O–H groups in total. The first-order chi connectivity index (χ1) is 20.5. The maximum absolute atomic E-state index is 12.9. The van der Waals surface area contributed by atoms with Crippen molar-refractivity contribution in [1.29, 1.82) is 0 Å². The van der Waals surface area contributed by atoms with Crippen LogP contribution in [0.5, 0.6) is 0 Å². The van der Waals surface area contributed by atoms with Crippen LogP contribution in [0.25, 0.3) is 0 Å². The lowest BCUT2D eigenvalue weighted by Crippen LogP contribution is -2.51. The van der Waals surface area contributed by atoms with E-state index in [1.54, 1.807) is 13.0 Å². The summed E-state index contributed by atoms with van der Waals surface area (Å²) in [7, 11) is 0. The van der Waals surface area contributed by atoms with Crippen LogP contribution in [0.4, 0.5) is 0 Å². The van der Waals surface area contributed by atoms with Gasteiger partial charge >= 0.3 is 5.97 Å². The Morgan fingerprint density at radius 1 is 1.12 bits per heavy atom. The topological polar surface area (TPSA) is 127 Å². The molecule has 4 aliphatic rings. The van der Waals surface area contributed by atoms with Gasteiger partial charge in [-0.05, 0) is 64.9 Å². The highest BCUT2D eigenvalue weighted by atomic mass is 16.6. The molecule has 0 aliphatic carbocycles. The maximum Gasteiger partial charge on any atom is 0.303 e. The number of esters is 1. The zero-order chi connectivity index (χ0) is 31.1. The molecule has 1 spiro atoms. The largest absolute Gasteiger partial charge is 0.459 e. The lowest BCUT2D eigenvalue weighted by atomic mass is 9.87. The van der Waals surface area contributed by atoms with E-state index in [1.807, 2.05) is 30.9 Å². The molecule has 4 heterocycles. The van der Waals surface area contributed by atoms with Crippen LogP contribution in [0.2, 0.25) is 0 Å².